The highest BCUT2D eigenvalue weighted by molar-refractivity contribution is 5.90. The molecule has 2 aromatic heterocycles. The molecule has 0 fully saturated rings. The van der Waals surface area contributed by atoms with Crippen molar-refractivity contribution in [2.45, 2.75) is 0 Å². The number of carbonyl (C=O) groups is 1. The van der Waals surface area contributed by atoms with Crippen LogP contribution in [0.4, 0.5) is 0 Å². The molecule has 0 unspecified atom stereocenters. The van der Waals surface area contributed by atoms with Crippen molar-refractivity contribution < 1.29 is 23.7 Å². The molecule has 118 valence electrons. The minimum atomic E-state index is -0.569. The van der Waals surface area contributed by atoms with Gasteiger partial charge in [0.05, 0.1) is 17.9 Å². The van der Waals surface area contributed by atoms with Gasteiger partial charge in [0, 0.05) is 11.6 Å². The first-order valence-corrected chi connectivity index (χ1v) is 7.15. The first-order chi connectivity index (χ1) is 11.7. The lowest BCUT2D eigenvalue weighted by atomic mass is 10.1. The standard InChI is InChI=1S/C17H11N3O4/c1-23-16(21)11-8-6-10(7-9-11)14-15-17(22)24-19-20(15)13-5-3-2-4-12(13)18-14/h2-9H,1H3. The predicted molar refractivity (Wildman–Crippen MR) is 81.2 cm³/mol. The van der Waals surface area contributed by atoms with Gasteiger partial charge in [0.25, 0.3) is 11.0 Å². The maximum atomic E-state index is 12.1. The van der Waals surface area contributed by atoms with E-state index in [1.165, 1.54) is 11.6 Å². The van der Waals surface area contributed by atoms with Crippen molar-refractivity contribution in [2.75, 3.05) is 7.11 Å². The van der Waals surface area contributed by atoms with Gasteiger partial charge < -0.3 is 14.4 Å². The van der Waals surface area contributed by atoms with Gasteiger partial charge in [-0.1, -0.05) is 24.3 Å². The normalized spacial score (nSPS) is 11.0. The van der Waals surface area contributed by atoms with E-state index in [2.05, 4.69) is 15.0 Å². The van der Waals surface area contributed by atoms with Gasteiger partial charge in [-0.05, 0) is 22.7 Å². The van der Waals surface area contributed by atoms with E-state index >= 15 is 0 Å². The van der Waals surface area contributed by atoms with E-state index in [1.807, 2.05) is 18.2 Å². The average Bonchev–Trinajstić information content (AvgIpc) is 3.03. The van der Waals surface area contributed by atoms with Gasteiger partial charge in [0.15, 0.2) is 5.95 Å². The maximum absolute atomic E-state index is 12.1. The zero-order valence-corrected chi connectivity index (χ0v) is 12.6. The van der Waals surface area contributed by atoms with Crippen molar-refractivity contribution in [3.05, 3.63) is 54.1 Å². The lowest BCUT2D eigenvalue weighted by Crippen LogP contribution is -2.25. The molecular formula is C17H11N3O4. The number of para-hydroxylation sites is 2. The van der Waals surface area contributed by atoms with Gasteiger partial charge in [-0.2, -0.15) is 0 Å². The third-order valence-electron chi connectivity index (χ3n) is 3.76. The number of fused-ring (bicyclic) bond motifs is 3. The van der Waals surface area contributed by atoms with Crippen LogP contribution in [0.2, 0.25) is 0 Å². The van der Waals surface area contributed by atoms with Gasteiger partial charge in [-0.15, -0.1) is 0 Å². The third-order valence-corrected chi connectivity index (χ3v) is 3.76. The quantitative estimate of drug-likeness (QED) is 0.410. The monoisotopic (exact) mass is 321 g/mol. The number of ether oxygens (including phenoxy) is 1. The number of hydrogen-bond acceptors (Lipinski definition) is 6. The summed E-state index contributed by atoms with van der Waals surface area (Å²) >= 11 is 0. The lowest BCUT2D eigenvalue weighted by molar-refractivity contribution is -0.568. The largest absolute Gasteiger partial charge is 0.539 e. The number of aromatic nitrogens is 3. The van der Waals surface area contributed by atoms with Crippen LogP contribution >= 0.6 is 0 Å². The second-order valence-electron chi connectivity index (χ2n) is 5.14. The molecule has 7 heteroatoms. The zero-order chi connectivity index (χ0) is 16.7. The van der Waals surface area contributed by atoms with Crippen LogP contribution in [-0.2, 0) is 4.74 Å². The molecule has 0 saturated carbocycles. The Morgan fingerprint density at radius 1 is 1.17 bits per heavy atom. The predicted octanol–water partition coefficient (Wildman–Crippen LogP) is 1.49. The van der Waals surface area contributed by atoms with Crippen molar-refractivity contribution in [3.63, 3.8) is 0 Å². The molecule has 0 aliphatic carbocycles. The molecule has 0 atom stereocenters. The molecule has 0 saturated heterocycles. The van der Waals surface area contributed by atoms with Crippen LogP contribution in [0.1, 0.15) is 10.4 Å². The van der Waals surface area contributed by atoms with Crippen molar-refractivity contribution in [3.8, 4) is 17.2 Å². The van der Waals surface area contributed by atoms with Crippen LogP contribution in [0, 0.1) is 0 Å². The smallest absolute Gasteiger partial charge is 0.337 e. The number of carbonyl (C=O) groups excluding carboxylic acids is 1. The van der Waals surface area contributed by atoms with Crippen LogP contribution in [0.15, 0.2) is 53.1 Å². The molecule has 0 bridgehead atoms. The molecule has 4 aromatic rings. The minimum Gasteiger partial charge on any atom is -0.539 e. The topological polar surface area (TPSA) is 92.4 Å². The summed E-state index contributed by atoms with van der Waals surface area (Å²) in [6, 6.07) is 14.0. The number of rotatable bonds is 2. The summed E-state index contributed by atoms with van der Waals surface area (Å²) in [5.41, 5.74) is 3.13. The molecule has 0 aliphatic rings. The summed E-state index contributed by atoms with van der Waals surface area (Å²) in [5.74, 6) is -0.998. The fourth-order valence-corrected chi connectivity index (χ4v) is 2.60. The van der Waals surface area contributed by atoms with Crippen LogP contribution in [0.5, 0.6) is 5.95 Å². The number of benzene rings is 2. The summed E-state index contributed by atoms with van der Waals surface area (Å²) in [6.07, 6.45) is 0. The molecule has 2 heterocycles. The molecule has 0 spiro atoms. The van der Waals surface area contributed by atoms with Crippen molar-refractivity contribution in [1.29, 1.82) is 0 Å². The Hall–Kier alpha value is -3.48. The van der Waals surface area contributed by atoms with Crippen molar-refractivity contribution >= 4 is 22.5 Å². The molecule has 7 nitrogen and oxygen atoms in total. The first kappa shape index (κ1) is 14.1. The zero-order valence-electron chi connectivity index (χ0n) is 12.6. The van der Waals surface area contributed by atoms with E-state index < -0.39 is 11.9 Å². The highest BCUT2D eigenvalue weighted by Gasteiger charge is 2.22. The molecule has 0 aliphatic heterocycles. The van der Waals surface area contributed by atoms with E-state index in [9.17, 15) is 9.90 Å². The van der Waals surface area contributed by atoms with E-state index in [0.717, 1.165) is 0 Å². The Morgan fingerprint density at radius 2 is 1.92 bits per heavy atom. The average molecular weight is 321 g/mol. The van der Waals surface area contributed by atoms with Crippen molar-refractivity contribution in [1.82, 2.24) is 10.3 Å². The Morgan fingerprint density at radius 3 is 2.67 bits per heavy atom. The summed E-state index contributed by atoms with van der Waals surface area (Å²) < 4.78 is 10.9. The van der Waals surface area contributed by atoms with Crippen LogP contribution < -0.4 is 9.62 Å². The SMILES string of the molecule is COC(=O)c1ccc(-c2nc3ccccc3[n+]3noc([O-])c23)cc1. The molecule has 0 radical (unpaired) electrons. The molecule has 0 amide bonds. The fraction of sp³-hybridized carbons (Fsp3) is 0.0588. The Labute approximate surface area is 135 Å². The summed E-state index contributed by atoms with van der Waals surface area (Å²) in [5, 5.41) is 15.9. The first-order valence-electron chi connectivity index (χ1n) is 7.15. The summed E-state index contributed by atoms with van der Waals surface area (Å²) in [6.45, 7) is 0. The molecule has 2 aromatic carbocycles. The van der Waals surface area contributed by atoms with Crippen LogP contribution in [0.25, 0.3) is 27.8 Å². The molecule has 4 rings (SSSR count). The Bertz CT molecular complexity index is 1070. The van der Waals surface area contributed by atoms with Gasteiger partial charge in [-0.3, -0.25) is 0 Å². The minimum absolute atomic E-state index is 0.250. The van der Waals surface area contributed by atoms with Gasteiger partial charge in [-0.25, -0.2) is 9.78 Å². The van der Waals surface area contributed by atoms with E-state index in [4.69, 9.17) is 4.52 Å². The lowest BCUT2D eigenvalue weighted by Gasteiger charge is -2.03. The molecule has 24 heavy (non-hydrogen) atoms. The number of esters is 1. The van der Waals surface area contributed by atoms with Gasteiger partial charge >= 0.3 is 5.97 Å². The van der Waals surface area contributed by atoms with Crippen LogP contribution in [0.3, 0.4) is 0 Å². The van der Waals surface area contributed by atoms with Crippen LogP contribution in [-0.4, -0.2) is 23.3 Å². The number of methoxy groups -OCH3 is 1. The maximum Gasteiger partial charge on any atom is 0.337 e. The highest BCUT2D eigenvalue weighted by atomic mass is 16.6. The van der Waals surface area contributed by atoms with E-state index in [0.29, 0.717) is 27.9 Å². The van der Waals surface area contributed by atoms with E-state index in [1.54, 1.807) is 30.3 Å². The molecule has 0 N–H and O–H groups in total. The second-order valence-corrected chi connectivity index (χ2v) is 5.14. The van der Waals surface area contributed by atoms with Gasteiger partial charge in [0.1, 0.15) is 11.2 Å². The third kappa shape index (κ3) is 2.06. The van der Waals surface area contributed by atoms with Gasteiger partial charge in [0.2, 0.25) is 0 Å². The number of hydrogen-bond donors (Lipinski definition) is 0. The molecular weight excluding hydrogens is 310 g/mol. The number of nitrogens with zero attached hydrogens (tertiary/aromatic N) is 3. The summed E-state index contributed by atoms with van der Waals surface area (Å²) in [4.78, 5) is 16.1. The fourth-order valence-electron chi connectivity index (χ4n) is 2.60. The Kier molecular flexibility index (Phi) is 3.13. The van der Waals surface area contributed by atoms with Crippen molar-refractivity contribution in [2.24, 2.45) is 0 Å². The summed E-state index contributed by atoms with van der Waals surface area (Å²) in [7, 11) is 1.32. The Balaban J connectivity index is 1.98. The highest BCUT2D eigenvalue weighted by Crippen LogP contribution is 2.27. The second kappa shape index (κ2) is 5.31. The van der Waals surface area contributed by atoms with E-state index in [-0.39, 0.29) is 5.52 Å².